The Bertz CT molecular complexity index is 1460. The molecule has 10 nitrogen and oxygen atoms in total. The number of amides is 2. The highest BCUT2D eigenvalue weighted by Crippen LogP contribution is 2.36. The van der Waals surface area contributed by atoms with Crippen molar-refractivity contribution in [2.45, 2.75) is 25.3 Å². The number of nitrogens with zero attached hydrogens (tertiary/aromatic N) is 4. The van der Waals surface area contributed by atoms with Crippen LogP contribution in [0.2, 0.25) is 0 Å². The van der Waals surface area contributed by atoms with Crippen molar-refractivity contribution in [1.29, 1.82) is 0 Å². The van der Waals surface area contributed by atoms with Crippen molar-refractivity contribution in [1.82, 2.24) is 15.0 Å². The van der Waals surface area contributed by atoms with Gasteiger partial charge < -0.3 is 25.7 Å². The van der Waals surface area contributed by atoms with E-state index in [0.717, 1.165) is 42.3 Å². The normalized spacial score (nSPS) is 17.6. The molecule has 3 aromatic heterocycles. The number of nitrogens with two attached hydrogens (primary N) is 1. The number of hydrogen-bond acceptors (Lipinski definition) is 8. The van der Waals surface area contributed by atoms with Crippen molar-refractivity contribution < 1.29 is 14.0 Å². The van der Waals surface area contributed by atoms with E-state index in [1.807, 2.05) is 29.2 Å². The number of rotatable bonds is 6. The Kier molecular flexibility index (Phi) is 4.61. The Morgan fingerprint density at radius 1 is 1.12 bits per heavy atom. The molecule has 4 heterocycles. The number of carbonyl (C=O) groups excluding carboxylic acids is 2. The maximum atomic E-state index is 12.2. The summed E-state index contributed by atoms with van der Waals surface area (Å²) in [4.78, 5) is 39.5. The Hall–Kier alpha value is -4.21. The van der Waals surface area contributed by atoms with Crippen LogP contribution >= 0.6 is 0 Å². The summed E-state index contributed by atoms with van der Waals surface area (Å²) < 4.78 is 6.08. The van der Waals surface area contributed by atoms with Gasteiger partial charge in [0.15, 0.2) is 5.58 Å². The first-order valence-electron chi connectivity index (χ1n) is 11.3. The van der Waals surface area contributed by atoms with Crippen LogP contribution < -0.4 is 21.3 Å². The second-order valence-corrected chi connectivity index (χ2v) is 8.72. The molecule has 172 valence electrons. The van der Waals surface area contributed by atoms with Crippen molar-refractivity contribution in [3.63, 3.8) is 0 Å². The molecule has 0 bridgehead atoms. The fraction of sp³-hybridized carbons (Fsp3) is 0.292. The summed E-state index contributed by atoms with van der Waals surface area (Å²) in [6.07, 6.45) is 5.97. The average Bonchev–Trinajstić information content (AvgIpc) is 3.56. The quantitative estimate of drug-likeness (QED) is 0.402. The highest BCUT2D eigenvalue weighted by Gasteiger charge is 2.33. The summed E-state index contributed by atoms with van der Waals surface area (Å²) in [6.45, 7) is 0.770. The second kappa shape index (κ2) is 7.68. The molecule has 0 spiro atoms. The Balaban J connectivity index is 1.41. The van der Waals surface area contributed by atoms with Crippen molar-refractivity contribution in [3.8, 4) is 11.5 Å². The smallest absolute Gasteiger partial charge is 0.240 e. The van der Waals surface area contributed by atoms with Gasteiger partial charge in [-0.25, -0.2) is 15.0 Å². The number of oxazole rings is 1. The fourth-order valence-electron chi connectivity index (χ4n) is 4.35. The van der Waals surface area contributed by atoms with Gasteiger partial charge in [0.25, 0.3) is 0 Å². The first-order valence-corrected chi connectivity index (χ1v) is 11.3. The van der Waals surface area contributed by atoms with Gasteiger partial charge in [0.2, 0.25) is 17.7 Å². The van der Waals surface area contributed by atoms with Gasteiger partial charge in [-0.05, 0) is 43.5 Å². The number of benzene rings is 1. The number of nitrogens with one attached hydrogen (secondary N) is 2. The van der Waals surface area contributed by atoms with E-state index in [9.17, 15) is 9.59 Å². The molecule has 4 N–H and O–H groups in total. The van der Waals surface area contributed by atoms with E-state index in [-0.39, 0.29) is 23.8 Å². The first kappa shape index (κ1) is 20.4. The van der Waals surface area contributed by atoms with E-state index in [4.69, 9.17) is 15.1 Å². The lowest BCUT2D eigenvalue weighted by molar-refractivity contribution is -0.120. The van der Waals surface area contributed by atoms with E-state index in [1.54, 1.807) is 19.4 Å². The fourth-order valence-corrected chi connectivity index (χ4v) is 4.35. The maximum Gasteiger partial charge on any atom is 0.240 e. The zero-order valence-corrected chi connectivity index (χ0v) is 18.5. The van der Waals surface area contributed by atoms with Crippen LogP contribution in [0, 0.1) is 5.92 Å². The predicted molar refractivity (Wildman–Crippen MR) is 128 cm³/mol. The van der Waals surface area contributed by atoms with E-state index >= 15 is 0 Å². The van der Waals surface area contributed by atoms with Crippen molar-refractivity contribution >= 4 is 51.0 Å². The monoisotopic (exact) mass is 457 g/mol. The lowest BCUT2D eigenvalue weighted by Gasteiger charge is -2.40. The summed E-state index contributed by atoms with van der Waals surface area (Å²) in [5, 5.41) is 7.57. The van der Waals surface area contributed by atoms with Gasteiger partial charge in [0.05, 0.1) is 5.56 Å². The maximum absolute atomic E-state index is 12.2. The highest BCUT2D eigenvalue weighted by atomic mass is 16.3. The Labute approximate surface area is 194 Å². The largest absolute Gasteiger partial charge is 0.436 e. The van der Waals surface area contributed by atoms with Crippen LogP contribution in [0.1, 0.15) is 19.3 Å². The number of pyridine rings is 2. The molecule has 1 saturated heterocycles. The minimum absolute atomic E-state index is 0.00838. The summed E-state index contributed by atoms with van der Waals surface area (Å²) in [5.41, 5.74) is 8.36. The van der Waals surface area contributed by atoms with E-state index in [1.165, 1.54) is 0 Å². The zero-order valence-electron chi connectivity index (χ0n) is 18.5. The zero-order chi connectivity index (χ0) is 23.4. The third-order valence-electron chi connectivity index (χ3n) is 6.49. The molecular weight excluding hydrogens is 434 g/mol. The van der Waals surface area contributed by atoms with E-state index in [2.05, 4.69) is 20.6 Å². The van der Waals surface area contributed by atoms with Crippen LogP contribution in [-0.4, -0.2) is 46.4 Å². The van der Waals surface area contributed by atoms with Crippen LogP contribution in [0.5, 0.6) is 0 Å². The highest BCUT2D eigenvalue weighted by molar-refractivity contribution is 6.03. The van der Waals surface area contributed by atoms with Crippen molar-refractivity contribution in [2.75, 3.05) is 29.1 Å². The first-order chi connectivity index (χ1) is 16.5. The van der Waals surface area contributed by atoms with Gasteiger partial charge in [-0.15, -0.1) is 0 Å². The molecule has 4 aromatic rings. The molecule has 1 atom stereocenters. The Morgan fingerprint density at radius 2 is 1.97 bits per heavy atom. The molecular formula is C24H23N7O3. The van der Waals surface area contributed by atoms with Crippen LogP contribution in [-0.2, 0) is 9.59 Å². The summed E-state index contributed by atoms with van der Waals surface area (Å²) >= 11 is 0. The lowest BCUT2D eigenvalue weighted by atomic mass is 10.0. The molecule has 1 aliphatic heterocycles. The van der Waals surface area contributed by atoms with Gasteiger partial charge >= 0.3 is 0 Å². The van der Waals surface area contributed by atoms with Gasteiger partial charge in [-0.3, -0.25) is 9.59 Å². The summed E-state index contributed by atoms with van der Waals surface area (Å²) in [6, 6.07) is 7.19. The number of primary amides is 1. The Morgan fingerprint density at radius 3 is 2.68 bits per heavy atom. The number of fused-ring (bicyclic) bond motifs is 2. The summed E-state index contributed by atoms with van der Waals surface area (Å²) in [5.74, 6) is 1.30. The van der Waals surface area contributed by atoms with Gasteiger partial charge in [0, 0.05) is 48.4 Å². The molecule has 0 unspecified atom stereocenters. The SMILES string of the molecule is CNc1ncc(-c2nc3cc(N4CC[C@H]4C(N)=O)ccc3o2)c2cc(NC(=O)C3CC3)ncc12. The molecule has 6 rings (SSSR count). The van der Waals surface area contributed by atoms with Gasteiger partial charge in [-0.1, -0.05) is 0 Å². The molecule has 10 heteroatoms. The molecule has 2 amide bonds. The molecule has 2 aliphatic rings. The minimum Gasteiger partial charge on any atom is -0.436 e. The van der Waals surface area contributed by atoms with Crippen LogP contribution in [0.3, 0.4) is 0 Å². The average molecular weight is 457 g/mol. The molecule has 1 aromatic carbocycles. The molecule has 2 fully saturated rings. The number of anilines is 3. The number of hydrogen-bond donors (Lipinski definition) is 3. The standard InChI is InChI=1S/C24H23N7O3/c1-26-22-15-10-27-20(30-23(33)12-2-3-12)9-14(15)16(11-28-22)24-29-17-8-13(4-5-19(17)34-24)31-7-6-18(31)21(25)32/h4-5,8-12,18H,2-3,6-7H2,1H3,(H2,25,32)(H,26,28)(H,27,30,33)/t18-/m0/s1. The lowest BCUT2D eigenvalue weighted by Crippen LogP contribution is -2.55. The van der Waals surface area contributed by atoms with Crippen LogP contribution in [0.4, 0.5) is 17.3 Å². The predicted octanol–water partition coefficient (Wildman–Crippen LogP) is 2.89. The third kappa shape index (κ3) is 3.38. The van der Waals surface area contributed by atoms with Crippen LogP contribution in [0.15, 0.2) is 41.1 Å². The van der Waals surface area contributed by atoms with Crippen molar-refractivity contribution in [2.24, 2.45) is 11.7 Å². The summed E-state index contributed by atoms with van der Waals surface area (Å²) in [7, 11) is 1.79. The van der Waals surface area contributed by atoms with Crippen molar-refractivity contribution in [3.05, 3.63) is 36.7 Å². The van der Waals surface area contributed by atoms with Gasteiger partial charge in [0.1, 0.15) is 23.2 Å². The van der Waals surface area contributed by atoms with Crippen LogP contribution in [0.25, 0.3) is 33.3 Å². The molecule has 1 aliphatic carbocycles. The molecule has 1 saturated carbocycles. The van der Waals surface area contributed by atoms with E-state index < -0.39 is 0 Å². The number of carbonyl (C=O) groups is 2. The third-order valence-corrected chi connectivity index (χ3v) is 6.49. The minimum atomic E-state index is -0.326. The second-order valence-electron chi connectivity index (χ2n) is 8.72. The van der Waals surface area contributed by atoms with Gasteiger partial charge in [-0.2, -0.15) is 0 Å². The molecule has 34 heavy (non-hydrogen) atoms. The molecule has 0 radical (unpaired) electrons. The number of aromatic nitrogens is 3. The topological polar surface area (TPSA) is 139 Å². The van der Waals surface area contributed by atoms with E-state index in [0.29, 0.717) is 34.2 Å².